The molecule has 1 heterocycles. The van der Waals surface area contributed by atoms with Gasteiger partial charge in [0.1, 0.15) is 0 Å². The molecular weight excluding hydrogens is 255 g/mol. The first-order valence-electron chi connectivity index (χ1n) is 5.26. The van der Waals surface area contributed by atoms with Crippen molar-refractivity contribution in [2.75, 3.05) is 0 Å². The van der Waals surface area contributed by atoms with Crippen molar-refractivity contribution in [1.82, 2.24) is 10.2 Å². The maximum Gasteiger partial charge on any atom is 0.159 e. The number of hydrogen-bond acceptors (Lipinski definition) is 2. The number of benzene rings is 1. The van der Waals surface area contributed by atoms with E-state index in [9.17, 15) is 0 Å². The van der Waals surface area contributed by atoms with E-state index in [2.05, 4.69) is 36.2 Å². The van der Waals surface area contributed by atoms with E-state index in [-0.39, 0.29) is 0 Å². The lowest BCUT2D eigenvalue weighted by molar-refractivity contribution is 1.03. The van der Waals surface area contributed by atoms with Crippen LogP contribution >= 0.6 is 23.2 Å². The second-order valence-corrected chi connectivity index (χ2v) is 4.87. The number of halogens is 2. The van der Waals surface area contributed by atoms with Crippen molar-refractivity contribution in [3.8, 4) is 11.1 Å². The third-order valence-corrected chi connectivity index (χ3v) is 3.31. The Bertz CT molecular complexity index is 580. The Kier molecular flexibility index (Phi) is 3.36. The van der Waals surface area contributed by atoms with Crippen molar-refractivity contribution in [1.29, 1.82) is 0 Å². The van der Waals surface area contributed by atoms with Crippen LogP contribution in [0.5, 0.6) is 0 Å². The maximum atomic E-state index is 6.06. The predicted octanol–water partition coefficient (Wildman–Crippen LogP) is 4.38. The molecule has 0 aliphatic heterocycles. The van der Waals surface area contributed by atoms with E-state index in [4.69, 9.17) is 23.2 Å². The van der Waals surface area contributed by atoms with Crippen molar-refractivity contribution in [2.24, 2.45) is 0 Å². The van der Waals surface area contributed by atoms with Crippen molar-refractivity contribution in [2.45, 2.75) is 20.8 Å². The summed E-state index contributed by atoms with van der Waals surface area (Å²) in [5.41, 5.74) is 5.51. The minimum atomic E-state index is 0.349. The molecule has 0 saturated heterocycles. The lowest BCUT2D eigenvalue weighted by atomic mass is 9.97. The lowest BCUT2D eigenvalue weighted by Gasteiger charge is -2.10. The van der Waals surface area contributed by atoms with Crippen LogP contribution in [-0.4, -0.2) is 10.2 Å². The molecule has 0 aliphatic rings. The molecule has 2 nitrogen and oxygen atoms in total. The van der Waals surface area contributed by atoms with Gasteiger partial charge in [0, 0.05) is 5.56 Å². The third kappa shape index (κ3) is 2.43. The molecule has 17 heavy (non-hydrogen) atoms. The maximum absolute atomic E-state index is 6.06. The van der Waals surface area contributed by atoms with Crippen LogP contribution in [-0.2, 0) is 0 Å². The number of rotatable bonds is 1. The average Bonchev–Trinajstić information content (AvgIpc) is 2.27. The Morgan fingerprint density at radius 2 is 1.41 bits per heavy atom. The third-order valence-electron chi connectivity index (χ3n) is 2.85. The van der Waals surface area contributed by atoms with E-state index in [1.54, 1.807) is 6.07 Å². The molecule has 0 atom stereocenters. The van der Waals surface area contributed by atoms with Gasteiger partial charge < -0.3 is 0 Å². The predicted molar refractivity (Wildman–Crippen MR) is 71.7 cm³/mol. The number of aryl methyl sites for hydroxylation is 3. The van der Waals surface area contributed by atoms with Gasteiger partial charge in [0.15, 0.2) is 10.3 Å². The summed E-state index contributed by atoms with van der Waals surface area (Å²) >= 11 is 11.9. The van der Waals surface area contributed by atoms with Crippen LogP contribution in [0.2, 0.25) is 10.3 Å². The first kappa shape index (κ1) is 12.3. The zero-order valence-electron chi connectivity index (χ0n) is 9.88. The van der Waals surface area contributed by atoms with Crippen LogP contribution in [0.25, 0.3) is 11.1 Å². The highest BCUT2D eigenvalue weighted by Gasteiger charge is 2.10. The molecule has 0 fully saturated rings. The second kappa shape index (κ2) is 4.63. The molecule has 88 valence electrons. The molecule has 4 heteroatoms. The first-order chi connectivity index (χ1) is 7.99. The molecule has 2 rings (SSSR count). The minimum absolute atomic E-state index is 0.349. The van der Waals surface area contributed by atoms with Crippen LogP contribution in [0.3, 0.4) is 0 Å². The van der Waals surface area contributed by atoms with Gasteiger partial charge in [-0.25, -0.2) is 0 Å². The normalized spacial score (nSPS) is 10.6. The summed E-state index contributed by atoms with van der Waals surface area (Å²) in [6.45, 7) is 6.21. The highest BCUT2D eigenvalue weighted by Crippen LogP contribution is 2.31. The summed E-state index contributed by atoms with van der Waals surface area (Å²) in [5.74, 6) is 0. The van der Waals surface area contributed by atoms with E-state index >= 15 is 0 Å². The van der Waals surface area contributed by atoms with E-state index in [0.717, 1.165) is 16.7 Å². The van der Waals surface area contributed by atoms with Crippen LogP contribution in [0.1, 0.15) is 16.7 Å². The highest BCUT2D eigenvalue weighted by atomic mass is 35.5. The fourth-order valence-electron chi connectivity index (χ4n) is 1.79. The summed E-state index contributed by atoms with van der Waals surface area (Å²) in [7, 11) is 0. The van der Waals surface area contributed by atoms with Gasteiger partial charge in [-0.1, -0.05) is 35.3 Å². The fourth-order valence-corrected chi connectivity index (χ4v) is 2.13. The van der Waals surface area contributed by atoms with E-state index in [0.29, 0.717) is 10.3 Å². The zero-order chi connectivity index (χ0) is 12.6. The Hall–Kier alpha value is -1.12. The quantitative estimate of drug-likeness (QED) is 0.766. The van der Waals surface area contributed by atoms with Crippen LogP contribution in [0.4, 0.5) is 0 Å². The first-order valence-corrected chi connectivity index (χ1v) is 6.01. The molecule has 1 aromatic carbocycles. The molecule has 1 aromatic heterocycles. The minimum Gasteiger partial charge on any atom is -0.137 e. The largest absolute Gasteiger partial charge is 0.159 e. The van der Waals surface area contributed by atoms with Gasteiger partial charge in [-0.3, -0.25) is 0 Å². The molecule has 0 unspecified atom stereocenters. The van der Waals surface area contributed by atoms with Crippen molar-refractivity contribution < 1.29 is 0 Å². The van der Waals surface area contributed by atoms with Crippen molar-refractivity contribution in [3.63, 3.8) is 0 Å². The summed E-state index contributed by atoms with van der Waals surface area (Å²) in [5, 5.41) is 8.27. The Morgan fingerprint density at radius 1 is 0.765 bits per heavy atom. The SMILES string of the molecule is Cc1cc(C)c(-c2cc(Cl)nnc2Cl)cc1C. The van der Waals surface area contributed by atoms with Gasteiger partial charge in [0.05, 0.1) is 0 Å². The molecule has 2 aromatic rings. The van der Waals surface area contributed by atoms with E-state index < -0.39 is 0 Å². The molecule has 0 aliphatic carbocycles. The number of hydrogen-bond donors (Lipinski definition) is 0. The van der Waals surface area contributed by atoms with Gasteiger partial charge in [-0.05, 0) is 49.1 Å². The van der Waals surface area contributed by atoms with Gasteiger partial charge >= 0.3 is 0 Å². The Morgan fingerprint density at radius 3 is 2.12 bits per heavy atom. The molecule has 0 bridgehead atoms. The zero-order valence-corrected chi connectivity index (χ0v) is 11.4. The number of aromatic nitrogens is 2. The van der Waals surface area contributed by atoms with Crippen molar-refractivity contribution in [3.05, 3.63) is 45.2 Å². The van der Waals surface area contributed by atoms with Crippen LogP contribution in [0, 0.1) is 20.8 Å². The molecule has 0 saturated carbocycles. The molecule has 0 spiro atoms. The van der Waals surface area contributed by atoms with Gasteiger partial charge in [-0.2, -0.15) is 0 Å². The van der Waals surface area contributed by atoms with Gasteiger partial charge in [0.25, 0.3) is 0 Å². The lowest BCUT2D eigenvalue weighted by Crippen LogP contribution is -1.92. The van der Waals surface area contributed by atoms with Gasteiger partial charge in [-0.15, -0.1) is 10.2 Å². The summed E-state index contributed by atoms with van der Waals surface area (Å²) in [6, 6.07) is 5.98. The van der Waals surface area contributed by atoms with Crippen LogP contribution < -0.4 is 0 Å². The molecule has 0 radical (unpaired) electrons. The van der Waals surface area contributed by atoms with E-state index in [1.165, 1.54) is 11.1 Å². The molecule has 0 amide bonds. The fraction of sp³-hybridized carbons (Fsp3) is 0.231. The summed E-state index contributed by atoms with van der Waals surface area (Å²) in [4.78, 5) is 0. The summed E-state index contributed by atoms with van der Waals surface area (Å²) in [6.07, 6.45) is 0. The van der Waals surface area contributed by atoms with E-state index in [1.807, 2.05) is 6.92 Å². The Balaban J connectivity index is 2.68. The highest BCUT2D eigenvalue weighted by molar-refractivity contribution is 6.33. The smallest absolute Gasteiger partial charge is 0.137 e. The Labute approximate surface area is 111 Å². The molecule has 0 N–H and O–H groups in total. The average molecular weight is 267 g/mol. The number of nitrogens with zero attached hydrogens (tertiary/aromatic N) is 2. The monoisotopic (exact) mass is 266 g/mol. The topological polar surface area (TPSA) is 25.8 Å². The van der Waals surface area contributed by atoms with Crippen LogP contribution in [0.15, 0.2) is 18.2 Å². The molecular formula is C13H12Cl2N2. The van der Waals surface area contributed by atoms with Crippen molar-refractivity contribution >= 4 is 23.2 Å². The van der Waals surface area contributed by atoms with Gasteiger partial charge in [0.2, 0.25) is 0 Å². The summed E-state index contributed by atoms with van der Waals surface area (Å²) < 4.78 is 0. The standard InChI is InChI=1S/C13H12Cl2N2/c1-7-4-9(3)10(5-8(7)2)11-6-12(14)16-17-13(11)15/h4-6H,1-3H3. The second-order valence-electron chi connectivity index (χ2n) is 4.12.